The number of benzene rings is 1. The molecule has 57 heavy (non-hydrogen) atoms. The molecule has 22 nitrogen and oxygen atoms in total. The van der Waals surface area contributed by atoms with Gasteiger partial charge in [0.15, 0.2) is 0 Å². The second-order valence-electron chi connectivity index (χ2n) is 11.1. The number of nitro benzene ring substituents is 2. The van der Waals surface area contributed by atoms with E-state index in [2.05, 4.69) is 10.1 Å². The number of nitro groups is 2. The molecule has 0 aromatic heterocycles. The van der Waals surface area contributed by atoms with Gasteiger partial charge in [-0.15, -0.1) is 0 Å². The second kappa shape index (κ2) is 39.6. The molecule has 0 aliphatic rings. The minimum absolute atomic E-state index is 0.0828. The van der Waals surface area contributed by atoms with Gasteiger partial charge in [0.1, 0.15) is 12.3 Å². The number of methoxy groups -OCH3 is 1. The Labute approximate surface area is 333 Å². The van der Waals surface area contributed by atoms with Gasteiger partial charge in [-0.25, -0.2) is 4.79 Å². The van der Waals surface area contributed by atoms with Crippen molar-refractivity contribution in [3.63, 3.8) is 0 Å². The minimum Gasteiger partial charge on any atom is -0.467 e. The summed E-state index contributed by atoms with van der Waals surface area (Å²) in [4.78, 5) is 31.5. The van der Waals surface area contributed by atoms with E-state index in [9.17, 15) is 25.0 Å². The molecular formula is C35H61N3O19. The number of carbonyl (C=O) groups excluding carboxylic acids is 1. The average Bonchev–Trinajstić information content (AvgIpc) is 3.21. The van der Waals surface area contributed by atoms with E-state index in [-0.39, 0.29) is 36.8 Å². The molecule has 1 aromatic carbocycles. The highest BCUT2D eigenvalue weighted by molar-refractivity contribution is 5.70. The summed E-state index contributed by atoms with van der Waals surface area (Å²) in [5.74, 6) is -0.419. The summed E-state index contributed by atoms with van der Waals surface area (Å²) in [6, 6.07) is 3.42. The van der Waals surface area contributed by atoms with Crippen LogP contribution in [0.3, 0.4) is 0 Å². The Hall–Kier alpha value is -3.23. The topological polar surface area (TPSA) is 245 Å². The maximum atomic E-state index is 11.2. The van der Waals surface area contributed by atoms with Crippen molar-refractivity contribution < 1.29 is 81.0 Å². The first kappa shape index (κ1) is 51.8. The Balaban J connectivity index is 1.68. The van der Waals surface area contributed by atoms with Gasteiger partial charge < -0.3 is 71.6 Å². The predicted octanol–water partition coefficient (Wildman–Crippen LogP) is 1.30. The highest BCUT2D eigenvalue weighted by Gasteiger charge is 2.19. The number of nitrogens with zero attached hydrogens (tertiary/aromatic N) is 2. The Kier molecular flexibility index (Phi) is 36.0. The lowest BCUT2D eigenvalue weighted by molar-refractivity contribution is -0.393. The molecule has 0 saturated heterocycles. The van der Waals surface area contributed by atoms with Gasteiger partial charge in [-0.1, -0.05) is 0 Å². The lowest BCUT2D eigenvalue weighted by Gasteiger charge is -2.09. The van der Waals surface area contributed by atoms with Crippen LogP contribution >= 0.6 is 0 Å². The number of non-ortho nitro benzene ring substituents is 1. The third-order valence-corrected chi connectivity index (χ3v) is 6.86. The van der Waals surface area contributed by atoms with Crippen molar-refractivity contribution in [2.45, 2.75) is 0 Å². The molecule has 0 bridgehead atoms. The normalized spacial score (nSPS) is 11.2. The smallest absolute Gasteiger partial charge is 0.331 e. The number of anilines is 1. The van der Waals surface area contributed by atoms with Crippen LogP contribution < -0.4 is 5.32 Å². The number of nitrogens with one attached hydrogen (secondary N) is 1. The van der Waals surface area contributed by atoms with Crippen LogP contribution in [0.4, 0.5) is 17.1 Å². The Morgan fingerprint density at radius 3 is 1.05 bits per heavy atom. The van der Waals surface area contributed by atoms with Crippen molar-refractivity contribution in [2.24, 2.45) is 0 Å². The van der Waals surface area contributed by atoms with Gasteiger partial charge in [-0.2, -0.15) is 0 Å². The van der Waals surface area contributed by atoms with Crippen molar-refractivity contribution in [3.05, 3.63) is 38.4 Å². The van der Waals surface area contributed by atoms with Crippen molar-refractivity contribution in [3.8, 4) is 0 Å². The molecule has 0 heterocycles. The number of carbonyl (C=O) groups is 1. The standard InChI is InChI=1S/C35H61N3O19/c1-44-35(39)31-57-29-28-56-27-26-55-25-24-54-23-22-53-21-20-52-19-18-51-17-16-50-15-14-49-13-12-48-11-10-47-9-8-46-7-6-45-5-4-36-33-3-2-32(37(40)41)30-34(33)38(42)43/h2-3,30,36H,4-29,31H2,1H3. The van der Waals surface area contributed by atoms with E-state index >= 15 is 0 Å². The first-order chi connectivity index (χ1) is 28.0. The summed E-state index contributed by atoms with van der Waals surface area (Å²) >= 11 is 0. The van der Waals surface area contributed by atoms with Crippen molar-refractivity contribution >= 4 is 23.0 Å². The van der Waals surface area contributed by atoms with Gasteiger partial charge in [0.05, 0.1) is 188 Å². The third-order valence-electron chi connectivity index (χ3n) is 6.86. The quantitative estimate of drug-likeness (QED) is 0.0422. The van der Waals surface area contributed by atoms with E-state index in [0.717, 1.165) is 6.07 Å². The summed E-state index contributed by atoms with van der Waals surface area (Å²) in [6.07, 6.45) is 0. The summed E-state index contributed by atoms with van der Waals surface area (Å²) in [7, 11) is 1.31. The number of rotatable bonds is 44. The fraction of sp³-hybridized carbons (Fsp3) is 0.800. The zero-order valence-corrected chi connectivity index (χ0v) is 33.0. The van der Waals surface area contributed by atoms with Crippen molar-refractivity contribution in [2.75, 3.05) is 191 Å². The van der Waals surface area contributed by atoms with Crippen LogP contribution in [0.1, 0.15) is 0 Å². The van der Waals surface area contributed by atoms with Crippen molar-refractivity contribution in [1.29, 1.82) is 0 Å². The van der Waals surface area contributed by atoms with Crippen LogP contribution in [0.5, 0.6) is 0 Å². The SMILES string of the molecule is COC(=O)COCCOCCOCCOCCOCCOCCOCCOCCOCCOCCOCCOCCOCCNc1ccc([N+](=O)[O-])cc1[N+](=O)[O-]. The fourth-order valence-corrected chi connectivity index (χ4v) is 4.05. The second-order valence-corrected chi connectivity index (χ2v) is 11.1. The zero-order valence-electron chi connectivity index (χ0n) is 33.0. The van der Waals surface area contributed by atoms with E-state index in [0.29, 0.717) is 159 Å². The molecule has 1 aromatic rings. The van der Waals surface area contributed by atoms with Gasteiger partial charge in [0, 0.05) is 12.6 Å². The molecule has 0 radical (unpaired) electrons. The van der Waals surface area contributed by atoms with Crippen LogP contribution in [0.15, 0.2) is 18.2 Å². The molecule has 22 heteroatoms. The minimum atomic E-state index is -0.684. The van der Waals surface area contributed by atoms with Crippen LogP contribution in [-0.2, 0) is 71.1 Å². The summed E-state index contributed by atoms with van der Waals surface area (Å²) < 4.78 is 74.8. The van der Waals surface area contributed by atoms with Crippen LogP contribution in [-0.4, -0.2) is 201 Å². The molecule has 0 atom stereocenters. The van der Waals surface area contributed by atoms with Crippen molar-refractivity contribution in [1.82, 2.24) is 0 Å². The zero-order chi connectivity index (χ0) is 41.3. The van der Waals surface area contributed by atoms with E-state index < -0.39 is 15.8 Å². The van der Waals surface area contributed by atoms with Crippen LogP contribution in [0.2, 0.25) is 0 Å². The number of ether oxygens (including phenoxy) is 14. The molecule has 0 amide bonds. The molecular weight excluding hydrogens is 766 g/mol. The molecule has 0 spiro atoms. The van der Waals surface area contributed by atoms with E-state index in [1.807, 2.05) is 0 Å². The highest BCUT2D eigenvalue weighted by Crippen LogP contribution is 2.28. The summed E-state index contributed by atoms with van der Waals surface area (Å²) in [5, 5.41) is 24.8. The fourth-order valence-electron chi connectivity index (χ4n) is 4.05. The van der Waals surface area contributed by atoms with E-state index in [4.69, 9.17) is 61.6 Å². The molecule has 0 saturated carbocycles. The monoisotopic (exact) mass is 827 g/mol. The Bertz CT molecular complexity index is 1120. The third kappa shape index (κ3) is 33.4. The first-order valence-corrected chi connectivity index (χ1v) is 18.7. The lowest BCUT2D eigenvalue weighted by Crippen LogP contribution is -2.16. The van der Waals surface area contributed by atoms with E-state index in [1.165, 1.54) is 19.2 Å². The molecule has 1 N–H and O–H groups in total. The Morgan fingerprint density at radius 1 is 0.474 bits per heavy atom. The Morgan fingerprint density at radius 2 is 0.772 bits per heavy atom. The molecule has 0 aliphatic carbocycles. The van der Waals surface area contributed by atoms with Gasteiger partial charge >= 0.3 is 5.97 Å². The summed E-state index contributed by atoms with van der Waals surface area (Å²) in [6.45, 7) is 10.8. The van der Waals surface area contributed by atoms with Crippen LogP contribution in [0, 0.1) is 20.2 Å². The average molecular weight is 828 g/mol. The number of hydrogen-bond acceptors (Lipinski definition) is 20. The maximum Gasteiger partial charge on any atom is 0.331 e. The highest BCUT2D eigenvalue weighted by atomic mass is 16.6. The molecule has 1 rings (SSSR count). The number of hydrogen-bond donors (Lipinski definition) is 1. The van der Waals surface area contributed by atoms with Gasteiger partial charge in [-0.05, 0) is 6.07 Å². The molecule has 0 unspecified atom stereocenters. The molecule has 0 aliphatic heterocycles. The number of esters is 1. The summed E-state index contributed by atoms with van der Waals surface area (Å²) in [5.41, 5.74) is -0.540. The molecule has 0 fully saturated rings. The predicted molar refractivity (Wildman–Crippen MR) is 201 cm³/mol. The van der Waals surface area contributed by atoms with Gasteiger partial charge in [0.25, 0.3) is 11.4 Å². The van der Waals surface area contributed by atoms with Gasteiger partial charge in [0.2, 0.25) is 0 Å². The van der Waals surface area contributed by atoms with Gasteiger partial charge in [-0.3, -0.25) is 20.2 Å². The lowest BCUT2D eigenvalue weighted by atomic mass is 10.2. The van der Waals surface area contributed by atoms with E-state index in [1.54, 1.807) is 0 Å². The van der Waals surface area contributed by atoms with Crippen LogP contribution in [0.25, 0.3) is 0 Å². The largest absolute Gasteiger partial charge is 0.467 e. The molecule has 330 valence electrons. The first-order valence-electron chi connectivity index (χ1n) is 18.7. The maximum absolute atomic E-state index is 11.2.